The first kappa shape index (κ1) is 11.5. The normalized spacial score (nSPS) is 10.7. The second kappa shape index (κ2) is 4.91. The van der Waals surface area contributed by atoms with Gasteiger partial charge in [-0.25, -0.2) is 0 Å². The molecule has 2 heteroatoms. The van der Waals surface area contributed by atoms with Gasteiger partial charge in [0.15, 0.2) is 11.5 Å². The predicted octanol–water partition coefficient (Wildman–Crippen LogP) is 4.52. The third-order valence-electron chi connectivity index (χ3n) is 3.00. The van der Waals surface area contributed by atoms with Crippen LogP contribution in [0.2, 0.25) is 0 Å². The molecule has 2 rings (SSSR count). The van der Waals surface area contributed by atoms with E-state index in [4.69, 9.17) is 0 Å². The van der Waals surface area contributed by atoms with Crippen molar-refractivity contribution >= 4 is 0 Å². The number of rotatable bonds is 3. The summed E-state index contributed by atoms with van der Waals surface area (Å²) in [5, 5.41) is 23.6. The Hall–Kier alpha value is -1.96. The molecule has 86 valence electrons. The van der Waals surface area contributed by atoms with Crippen molar-refractivity contribution in [3.8, 4) is 11.5 Å². The van der Waals surface area contributed by atoms with Gasteiger partial charge < -0.3 is 0 Å². The highest BCUT2D eigenvalue weighted by Crippen LogP contribution is 2.37. The summed E-state index contributed by atoms with van der Waals surface area (Å²) in [7, 11) is 0. The summed E-state index contributed by atoms with van der Waals surface area (Å²) in [5.74, 6) is -0.0948. The molecule has 2 nitrogen and oxygen atoms in total. The van der Waals surface area contributed by atoms with Crippen LogP contribution in [0.5, 0.6) is 11.5 Å². The highest BCUT2D eigenvalue weighted by atomic mass is 16.3. The first-order chi connectivity index (χ1) is 8.24. The summed E-state index contributed by atoms with van der Waals surface area (Å²) in [5.41, 5.74) is 1.41. The molecular weight excluding hydrogens is 212 g/mol. The molecule has 0 aliphatic rings. The fourth-order valence-corrected chi connectivity index (χ4v) is 2.14. The van der Waals surface area contributed by atoms with Crippen molar-refractivity contribution in [2.24, 2.45) is 0 Å². The number of para-hydroxylation sites is 2. The Labute approximate surface area is 101 Å². The van der Waals surface area contributed by atoms with Crippen molar-refractivity contribution in [3.63, 3.8) is 0 Å². The standard InChI is InChI=1S/C15H14O2/c1-2-11(12-7-3-5-9-14(12)16)13-8-4-6-10-15(13)17/h3-11H,2H2,1H3. The van der Waals surface area contributed by atoms with E-state index in [-0.39, 0.29) is 17.4 Å². The van der Waals surface area contributed by atoms with Crippen molar-refractivity contribution in [2.75, 3.05) is 0 Å². The van der Waals surface area contributed by atoms with E-state index in [0.717, 1.165) is 6.42 Å². The van der Waals surface area contributed by atoms with Gasteiger partial charge >= 0.3 is 0 Å². The van der Waals surface area contributed by atoms with Gasteiger partial charge in [-0.05, 0) is 18.6 Å². The summed E-state index contributed by atoms with van der Waals surface area (Å²) in [6, 6.07) is 13.8. The molecule has 0 saturated carbocycles. The number of benzene rings is 2. The van der Waals surface area contributed by atoms with Crippen LogP contribution in [0.25, 0.3) is 0 Å². The van der Waals surface area contributed by atoms with Crippen molar-refractivity contribution in [2.45, 2.75) is 19.3 Å². The molecular formula is C15H14O2. The van der Waals surface area contributed by atoms with Crippen molar-refractivity contribution in [3.05, 3.63) is 59.7 Å². The molecule has 2 radical (unpaired) electrons. The highest BCUT2D eigenvalue weighted by Gasteiger charge is 2.19. The molecule has 0 spiro atoms. The minimum Gasteiger partial charge on any atom is -0.290 e. The average Bonchev–Trinajstić information content (AvgIpc) is 2.34. The van der Waals surface area contributed by atoms with Crippen LogP contribution >= 0.6 is 0 Å². The van der Waals surface area contributed by atoms with Gasteiger partial charge in [0.2, 0.25) is 0 Å². The largest absolute Gasteiger partial charge is 0.290 e. The molecule has 17 heavy (non-hydrogen) atoms. The average molecular weight is 226 g/mol. The molecule has 0 aliphatic heterocycles. The molecule has 0 heterocycles. The monoisotopic (exact) mass is 226 g/mol. The maximum Gasteiger partial charge on any atom is 0.182 e. The van der Waals surface area contributed by atoms with Gasteiger partial charge in [-0.1, -0.05) is 43.3 Å². The summed E-state index contributed by atoms with van der Waals surface area (Å²) < 4.78 is 0. The maximum absolute atomic E-state index is 11.8. The number of hydrogen-bond acceptors (Lipinski definition) is 0. The van der Waals surface area contributed by atoms with E-state index < -0.39 is 0 Å². The molecule has 2 aromatic carbocycles. The third-order valence-corrected chi connectivity index (χ3v) is 3.00. The number of hydrogen-bond donors (Lipinski definition) is 0. The highest BCUT2D eigenvalue weighted by molar-refractivity contribution is 5.45. The van der Waals surface area contributed by atoms with Gasteiger partial charge in [-0.3, -0.25) is 10.2 Å². The van der Waals surface area contributed by atoms with E-state index >= 15 is 0 Å². The van der Waals surface area contributed by atoms with Crippen LogP contribution in [0.15, 0.2) is 48.5 Å². The van der Waals surface area contributed by atoms with Gasteiger partial charge in [0.05, 0.1) is 0 Å². The zero-order valence-corrected chi connectivity index (χ0v) is 9.72. The summed E-state index contributed by atoms with van der Waals surface area (Å²) in [6.45, 7) is 1.99. The first-order valence-corrected chi connectivity index (χ1v) is 5.76. The quantitative estimate of drug-likeness (QED) is 0.738. The molecule has 0 fully saturated rings. The lowest BCUT2D eigenvalue weighted by Gasteiger charge is -2.16. The molecule has 2 aromatic rings. The van der Waals surface area contributed by atoms with E-state index in [0.29, 0.717) is 11.1 Å². The molecule has 0 atom stereocenters. The fourth-order valence-electron chi connectivity index (χ4n) is 2.14. The third kappa shape index (κ3) is 2.26. The Kier molecular flexibility index (Phi) is 3.33. The zero-order chi connectivity index (χ0) is 12.3. The molecule has 0 N–H and O–H groups in total. The lowest BCUT2D eigenvalue weighted by atomic mass is 9.88. The minimum absolute atomic E-state index is 0.00241. The lowest BCUT2D eigenvalue weighted by Crippen LogP contribution is -1.99. The van der Waals surface area contributed by atoms with Gasteiger partial charge in [0, 0.05) is 17.0 Å². The molecule has 0 amide bonds. The first-order valence-electron chi connectivity index (χ1n) is 5.76. The van der Waals surface area contributed by atoms with E-state index in [1.54, 1.807) is 24.3 Å². The van der Waals surface area contributed by atoms with Crippen LogP contribution in [0, 0.1) is 0 Å². The summed E-state index contributed by atoms with van der Waals surface area (Å²) in [4.78, 5) is 0. The minimum atomic E-state index is -0.0996. The van der Waals surface area contributed by atoms with Crippen molar-refractivity contribution in [1.29, 1.82) is 0 Å². The summed E-state index contributed by atoms with van der Waals surface area (Å²) in [6.07, 6.45) is 0.749. The molecule has 0 bridgehead atoms. The molecule has 0 unspecified atom stereocenters. The van der Waals surface area contributed by atoms with E-state index in [9.17, 15) is 10.2 Å². The Bertz CT molecular complexity index is 460. The maximum atomic E-state index is 11.8. The van der Waals surface area contributed by atoms with E-state index in [1.165, 1.54) is 0 Å². The fraction of sp³-hybridized carbons (Fsp3) is 0.200. The SMILES string of the molecule is CCC(c1ccccc1[O])c1ccccc1[O]. The second-order valence-electron chi connectivity index (χ2n) is 4.04. The van der Waals surface area contributed by atoms with Crippen LogP contribution in [0.1, 0.15) is 30.4 Å². The van der Waals surface area contributed by atoms with Crippen LogP contribution in [-0.2, 0) is 10.2 Å². The Morgan fingerprint density at radius 1 is 0.824 bits per heavy atom. The van der Waals surface area contributed by atoms with Gasteiger partial charge in [0.25, 0.3) is 0 Å². The zero-order valence-electron chi connectivity index (χ0n) is 9.72. The van der Waals surface area contributed by atoms with E-state index in [2.05, 4.69) is 0 Å². The second-order valence-corrected chi connectivity index (χ2v) is 4.04. The Morgan fingerprint density at radius 2 is 1.24 bits per heavy atom. The lowest BCUT2D eigenvalue weighted by molar-refractivity contribution is 0.340. The molecule has 0 aliphatic carbocycles. The van der Waals surface area contributed by atoms with Gasteiger partial charge in [-0.2, -0.15) is 0 Å². The Balaban J connectivity index is 2.48. The van der Waals surface area contributed by atoms with Crippen LogP contribution in [-0.4, -0.2) is 0 Å². The van der Waals surface area contributed by atoms with Gasteiger partial charge in [0.1, 0.15) is 0 Å². The van der Waals surface area contributed by atoms with Crippen LogP contribution in [0.4, 0.5) is 0 Å². The smallest absolute Gasteiger partial charge is 0.182 e. The topological polar surface area (TPSA) is 39.8 Å². The Morgan fingerprint density at radius 3 is 1.59 bits per heavy atom. The van der Waals surface area contributed by atoms with Crippen LogP contribution in [0.3, 0.4) is 0 Å². The molecule has 0 saturated heterocycles. The van der Waals surface area contributed by atoms with E-state index in [1.807, 2.05) is 31.2 Å². The van der Waals surface area contributed by atoms with Crippen molar-refractivity contribution in [1.82, 2.24) is 0 Å². The molecule has 0 aromatic heterocycles. The van der Waals surface area contributed by atoms with Crippen LogP contribution < -0.4 is 0 Å². The predicted molar refractivity (Wildman–Crippen MR) is 65.3 cm³/mol. The van der Waals surface area contributed by atoms with Crippen molar-refractivity contribution < 1.29 is 10.2 Å². The summed E-state index contributed by atoms with van der Waals surface area (Å²) >= 11 is 0. The van der Waals surface area contributed by atoms with Gasteiger partial charge in [-0.15, -0.1) is 0 Å².